The average molecular weight is 340 g/mol. The molecule has 3 rings (SSSR count). The number of nitrogens with one attached hydrogen (secondary N) is 1. The SMILES string of the molecule is COCCOc1ccc(S(=O)(=O)N2C3CCNCC2CC3)cc1. The van der Waals surface area contributed by atoms with E-state index in [1.165, 1.54) is 0 Å². The highest BCUT2D eigenvalue weighted by Crippen LogP contribution is 2.34. The molecule has 0 amide bonds. The Labute approximate surface area is 137 Å². The van der Waals surface area contributed by atoms with E-state index in [4.69, 9.17) is 9.47 Å². The van der Waals surface area contributed by atoms with Crippen LogP contribution in [0.4, 0.5) is 0 Å². The summed E-state index contributed by atoms with van der Waals surface area (Å²) < 4.78 is 38.2. The molecule has 0 aromatic heterocycles. The first-order valence-electron chi connectivity index (χ1n) is 8.09. The van der Waals surface area contributed by atoms with Crippen molar-refractivity contribution < 1.29 is 17.9 Å². The second-order valence-corrected chi connectivity index (χ2v) is 7.87. The first-order chi connectivity index (χ1) is 11.1. The molecular weight excluding hydrogens is 316 g/mol. The van der Waals surface area contributed by atoms with Gasteiger partial charge in [-0.05, 0) is 50.1 Å². The van der Waals surface area contributed by atoms with Crippen LogP contribution in [0.2, 0.25) is 0 Å². The maximum absolute atomic E-state index is 13.0. The third-order valence-electron chi connectivity index (χ3n) is 4.54. The molecule has 1 N–H and O–H groups in total. The van der Waals surface area contributed by atoms with Gasteiger partial charge in [-0.3, -0.25) is 0 Å². The molecule has 2 saturated heterocycles. The topological polar surface area (TPSA) is 67.9 Å². The maximum atomic E-state index is 13.0. The molecule has 6 nitrogen and oxygen atoms in total. The first kappa shape index (κ1) is 16.7. The Morgan fingerprint density at radius 1 is 1.13 bits per heavy atom. The molecule has 0 radical (unpaired) electrons. The van der Waals surface area contributed by atoms with Gasteiger partial charge in [-0.1, -0.05) is 0 Å². The lowest BCUT2D eigenvalue weighted by Gasteiger charge is -2.26. The molecule has 1 aromatic rings. The van der Waals surface area contributed by atoms with Crippen molar-refractivity contribution in [3.8, 4) is 5.75 Å². The van der Waals surface area contributed by atoms with Gasteiger partial charge in [0.1, 0.15) is 12.4 Å². The van der Waals surface area contributed by atoms with Crippen molar-refractivity contribution in [2.45, 2.75) is 36.2 Å². The van der Waals surface area contributed by atoms with Gasteiger partial charge < -0.3 is 14.8 Å². The molecule has 23 heavy (non-hydrogen) atoms. The quantitative estimate of drug-likeness (QED) is 0.789. The van der Waals surface area contributed by atoms with Crippen molar-refractivity contribution in [3.05, 3.63) is 24.3 Å². The molecular formula is C16H24N2O4S. The molecule has 128 valence electrons. The summed E-state index contributed by atoms with van der Waals surface area (Å²) in [6.45, 7) is 2.59. The highest BCUT2D eigenvalue weighted by atomic mass is 32.2. The van der Waals surface area contributed by atoms with Crippen molar-refractivity contribution in [2.75, 3.05) is 33.4 Å². The van der Waals surface area contributed by atoms with Crippen LogP contribution in [0.5, 0.6) is 5.75 Å². The van der Waals surface area contributed by atoms with E-state index in [9.17, 15) is 8.42 Å². The largest absolute Gasteiger partial charge is 0.491 e. The summed E-state index contributed by atoms with van der Waals surface area (Å²) in [7, 11) is -1.84. The van der Waals surface area contributed by atoms with Crippen LogP contribution >= 0.6 is 0 Å². The second-order valence-electron chi connectivity index (χ2n) is 6.03. The summed E-state index contributed by atoms with van der Waals surface area (Å²) in [6, 6.07) is 6.88. The fraction of sp³-hybridized carbons (Fsp3) is 0.625. The molecule has 2 aliphatic heterocycles. The van der Waals surface area contributed by atoms with Crippen LogP contribution in [0.25, 0.3) is 0 Å². The van der Waals surface area contributed by atoms with Gasteiger partial charge >= 0.3 is 0 Å². The predicted molar refractivity (Wildman–Crippen MR) is 87.1 cm³/mol. The standard InChI is InChI=1S/C16H24N2O4S/c1-21-10-11-22-15-4-6-16(7-5-15)23(19,20)18-13-2-3-14(18)12-17-9-8-13/h4-7,13-14,17H,2-3,8-12H2,1H3. The van der Waals surface area contributed by atoms with Crippen LogP contribution in [-0.4, -0.2) is 58.2 Å². The summed E-state index contributed by atoms with van der Waals surface area (Å²) in [4.78, 5) is 0.343. The molecule has 7 heteroatoms. The molecule has 1 aromatic carbocycles. The summed E-state index contributed by atoms with van der Waals surface area (Å²) >= 11 is 0. The Morgan fingerprint density at radius 3 is 2.61 bits per heavy atom. The van der Waals surface area contributed by atoms with E-state index in [0.717, 1.165) is 32.4 Å². The minimum atomic E-state index is -3.45. The van der Waals surface area contributed by atoms with E-state index < -0.39 is 10.0 Å². The first-order valence-corrected chi connectivity index (χ1v) is 9.53. The van der Waals surface area contributed by atoms with Gasteiger partial charge in [0.15, 0.2) is 0 Å². The van der Waals surface area contributed by atoms with Gasteiger partial charge in [0.2, 0.25) is 10.0 Å². The number of sulfonamides is 1. The summed E-state index contributed by atoms with van der Waals surface area (Å²) in [5.41, 5.74) is 0. The molecule has 2 unspecified atom stereocenters. The van der Waals surface area contributed by atoms with Crippen LogP contribution in [0.15, 0.2) is 29.2 Å². The molecule has 2 aliphatic rings. The number of benzene rings is 1. The highest BCUT2D eigenvalue weighted by molar-refractivity contribution is 7.89. The highest BCUT2D eigenvalue weighted by Gasteiger charge is 2.42. The Hall–Kier alpha value is -1.15. The zero-order chi connectivity index (χ0) is 16.3. The van der Waals surface area contributed by atoms with E-state index in [0.29, 0.717) is 23.9 Å². The molecule has 0 spiro atoms. The number of methoxy groups -OCH3 is 1. The maximum Gasteiger partial charge on any atom is 0.243 e. The van der Waals surface area contributed by atoms with Crippen molar-refractivity contribution in [3.63, 3.8) is 0 Å². The van der Waals surface area contributed by atoms with Crippen LogP contribution in [0.1, 0.15) is 19.3 Å². The van der Waals surface area contributed by atoms with Gasteiger partial charge in [0.05, 0.1) is 11.5 Å². The fourth-order valence-corrected chi connectivity index (χ4v) is 5.30. The number of fused-ring (bicyclic) bond motifs is 2. The lowest BCUT2D eigenvalue weighted by Crippen LogP contribution is -2.42. The lowest BCUT2D eigenvalue weighted by molar-refractivity contribution is 0.146. The van der Waals surface area contributed by atoms with Crippen molar-refractivity contribution >= 4 is 10.0 Å². The van der Waals surface area contributed by atoms with Gasteiger partial charge in [0.25, 0.3) is 0 Å². The van der Waals surface area contributed by atoms with E-state index in [1.807, 2.05) is 0 Å². The van der Waals surface area contributed by atoms with Gasteiger partial charge in [-0.25, -0.2) is 8.42 Å². The molecule has 0 aliphatic carbocycles. The third-order valence-corrected chi connectivity index (χ3v) is 6.56. The molecule has 2 heterocycles. The third kappa shape index (κ3) is 3.52. The Kier molecular flexibility index (Phi) is 5.21. The Balaban J connectivity index is 1.77. The van der Waals surface area contributed by atoms with Gasteiger partial charge in [-0.15, -0.1) is 0 Å². The molecule has 2 bridgehead atoms. The van der Waals surface area contributed by atoms with E-state index in [1.54, 1.807) is 35.7 Å². The normalized spacial score (nSPS) is 25.3. The fourth-order valence-electron chi connectivity index (χ4n) is 3.40. The van der Waals surface area contributed by atoms with Crippen molar-refractivity contribution in [2.24, 2.45) is 0 Å². The lowest BCUT2D eigenvalue weighted by atomic mass is 10.1. The van der Waals surface area contributed by atoms with Gasteiger partial charge in [-0.2, -0.15) is 4.31 Å². The average Bonchev–Trinajstić information content (AvgIpc) is 2.82. The number of hydrogen-bond donors (Lipinski definition) is 1. The summed E-state index contributed by atoms with van der Waals surface area (Å²) in [5.74, 6) is 0.654. The van der Waals surface area contributed by atoms with E-state index in [-0.39, 0.29) is 12.1 Å². The zero-order valence-electron chi connectivity index (χ0n) is 13.4. The number of ether oxygens (including phenoxy) is 2. The Bertz CT molecular complexity index is 603. The summed E-state index contributed by atoms with van der Waals surface area (Å²) in [6.07, 6.45) is 2.78. The number of rotatable bonds is 6. The van der Waals surface area contributed by atoms with Gasteiger partial charge in [0, 0.05) is 25.7 Å². The predicted octanol–water partition coefficient (Wildman–Crippen LogP) is 1.23. The van der Waals surface area contributed by atoms with E-state index in [2.05, 4.69) is 5.32 Å². The molecule has 2 atom stereocenters. The minimum absolute atomic E-state index is 0.0742. The van der Waals surface area contributed by atoms with Crippen molar-refractivity contribution in [1.82, 2.24) is 9.62 Å². The van der Waals surface area contributed by atoms with Crippen LogP contribution in [0.3, 0.4) is 0 Å². The minimum Gasteiger partial charge on any atom is -0.491 e. The number of nitrogens with zero attached hydrogens (tertiary/aromatic N) is 1. The van der Waals surface area contributed by atoms with E-state index >= 15 is 0 Å². The van der Waals surface area contributed by atoms with Crippen LogP contribution in [0, 0.1) is 0 Å². The monoisotopic (exact) mass is 340 g/mol. The molecule has 0 saturated carbocycles. The van der Waals surface area contributed by atoms with Crippen LogP contribution in [-0.2, 0) is 14.8 Å². The zero-order valence-corrected chi connectivity index (χ0v) is 14.2. The second kappa shape index (κ2) is 7.17. The van der Waals surface area contributed by atoms with Crippen molar-refractivity contribution in [1.29, 1.82) is 0 Å². The number of hydrogen-bond acceptors (Lipinski definition) is 5. The Morgan fingerprint density at radius 2 is 1.87 bits per heavy atom. The summed E-state index contributed by atoms with van der Waals surface area (Å²) in [5, 5.41) is 3.33. The molecule has 2 fully saturated rings. The smallest absolute Gasteiger partial charge is 0.243 e. The van der Waals surface area contributed by atoms with Crippen LogP contribution < -0.4 is 10.1 Å².